The van der Waals surface area contributed by atoms with Crippen molar-refractivity contribution in [1.29, 1.82) is 0 Å². The number of methoxy groups -OCH3 is 1. The Balaban J connectivity index is 1.57. The lowest BCUT2D eigenvalue weighted by Gasteiger charge is -2.09. The summed E-state index contributed by atoms with van der Waals surface area (Å²) < 4.78 is 33.5. The molecule has 0 aliphatic heterocycles. The van der Waals surface area contributed by atoms with Crippen LogP contribution in [0, 0.1) is 11.6 Å². The number of halogens is 2. The van der Waals surface area contributed by atoms with Crippen LogP contribution < -0.4 is 10.6 Å². The van der Waals surface area contributed by atoms with Gasteiger partial charge in [0, 0.05) is 39.7 Å². The Hall–Kier alpha value is -3.62. The Labute approximate surface area is 186 Å². The van der Waals surface area contributed by atoms with Crippen LogP contribution in [0.5, 0.6) is 0 Å². The molecule has 3 aromatic carbocycles. The quantitative estimate of drug-likeness (QED) is 0.387. The molecule has 0 spiro atoms. The maximum atomic E-state index is 14.4. The molecule has 0 fully saturated rings. The maximum Gasteiger partial charge on any atom is 0.266 e. The van der Waals surface area contributed by atoms with Crippen molar-refractivity contribution in [3.8, 4) is 0 Å². The van der Waals surface area contributed by atoms with Gasteiger partial charge in [-0.15, -0.1) is 11.3 Å². The van der Waals surface area contributed by atoms with Gasteiger partial charge in [-0.2, -0.15) is 0 Å². The van der Waals surface area contributed by atoms with Crippen LogP contribution in [0.3, 0.4) is 0 Å². The molecule has 2 amide bonds. The van der Waals surface area contributed by atoms with E-state index in [1.54, 1.807) is 36.4 Å². The highest BCUT2D eigenvalue weighted by molar-refractivity contribution is 7.21. The summed E-state index contributed by atoms with van der Waals surface area (Å²) in [5, 5.41) is 5.74. The first-order valence-electron chi connectivity index (χ1n) is 9.63. The van der Waals surface area contributed by atoms with Gasteiger partial charge >= 0.3 is 0 Å². The summed E-state index contributed by atoms with van der Waals surface area (Å²) in [6, 6.07) is 16.6. The number of hydrogen-bond acceptors (Lipinski definition) is 4. The topological polar surface area (TPSA) is 67.4 Å². The normalized spacial score (nSPS) is 10.8. The molecule has 0 atom stereocenters. The Morgan fingerprint density at radius 1 is 0.906 bits per heavy atom. The molecular formula is C24H18F2N2O3S. The van der Waals surface area contributed by atoms with Gasteiger partial charge in [-0.05, 0) is 48.5 Å². The van der Waals surface area contributed by atoms with Gasteiger partial charge in [-0.25, -0.2) is 8.78 Å². The van der Waals surface area contributed by atoms with Gasteiger partial charge in [0.15, 0.2) is 0 Å². The fourth-order valence-electron chi connectivity index (χ4n) is 3.33. The summed E-state index contributed by atoms with van der Waals surface area (Å²) in [5.74, 6) is -1.76. The molecule has 0 bridgehead atoms. The Morgan fingerprint density at radius 2 is 1.59 bits per heavy atom. The second-order valence-electron chi connectivity index (χ2n) is 6.96. The number of carbonyl (C=O) groups excluding carboxylic acids is 2. The van der Waals surface area contributed by atoms with Gasteiger partial charge in [-0.1, -0.05) is 18.2 Å². The fraction of sp³-hybridized carbons (Fsp3) is 0.0833. The minimum atomic E-state index is -0.463. The van der Waals surface area contributed by atoms with Crippen molar-refractivity contribution in [2.24, 2.45) is 0 Å². The van der Waals surface area contributed by atoms with E-state index in [1.165, 1.54) is 48.8 Å². The number of hydrogen-bond donors (Lipinski definition) is 2. The van der Waals surface area contributed by atoms with Crippen molar-refractivity contribution in [3.05, 3.63) is 94.4 Å². The van der Waals surface area contributed by atoms with Crippen LogP contribution >= 0.6 is 11.3 Å². The number of thiophene rings is 1. The van der Waals surface area contributed by atoms with E-state index in [9.17, 15) is 18.4 Å². The number of carbonyl (C=O) groups is 2. The number of rotatable bonds is 6. The molecule has 0 saturated carbocycles. The highest BCUT2D eigenvalue weighted by Gasteiger charge is 2.21. The average molecular weight is 452 g/mol. The monoisotopic (exact) mass is 452 g/mol. The van der Waals surface area contributed by atoms with Gasteiger partial charge in [-0.3, -0.25) is 9.59 Å². The molecule has 8 heteroatoms. The van der Waals surface area contributed by atoms with Crippen LogP contribution in [0.4, 0.5) is 20.2 Å². The smallest absolute Gasteiger partial charge is 0.266 e. The van der Waals surface area contributed by atoms with Crippen LogP contribution in [0.25, 0.3) is 10.1 Å². The summed E-state index contributed by atoms with van der Waals surface area (Å²) in [5.41, 5.74) is 1.47. The number of fused-ring (bicyclic) bond motifs is 1. The van der Waals surface area contributed by atoms with Crippen molar-refractivity contribution in [2.75, 3.05) is 17.7 Å². The zero-order valence-corrected chi connectivity index (χ0v) is 17.8. The lowest BCUT2D eigenvalue weighted by atomic mass is 10.1. The molecule has 4 rings (SSSR count). The standard InChI is InChI=1S/C24H18F2N2O3S/c1-31-13-18-21-19(26)9-4-10-20(21)32-22(18)24(30)28-16-7-2-5-14(11-16)23(29)27-17-8-3-6-15(25)12-17/h2-12H,13H2,1H3,(H,27,29)(H,28,30). The first kappa shape index (κ1) is 21.6. The predicted molar refractivity (Wildman–Crippen MR) is 121 cm³/mol. The first-order valence-corrected chi connectivity index (χ1v) is 10.4. The van der Waals surface area contributed by atoms with E-state index in [0.29, 0.717) is 31.9 Å². The third-order valence-electron chi connectivity index (χ3n) is 4.72. The van der Waals surface area contributed by atoms with Crippen molar-refractivity contribution >= 4 is 44.6 Å². The zero-order valence-electron chi connectivity index (χ0n) is 16.9. The predicted octanol–water partition coefficient (Wildman–Crippen LogP) is 5.83. The van der Waals surface area contributed by atoms with Gasteiger partial charge < -0.3 is 15.4 Å². The second-order valence-corrected chi connectivity index (χ2v) is 8.01. The SMILES string of the molecule is COCc1c(C(=O)Nc2cccc(C(=O)Nc3cccc(F)c3)c2)sc2cccc(F)c12. The highest BCUT2D eigenvalue weighted by Crippen LogP contribution is 2.34. The van der Waals surface area contributed by atoms with Gasteiger partial charge in [0.05, 0.1) is 11.5 Å². The summed E-state index contributed by atoms with van der Waals surface area (Å²) in [6.45, 7) is 0.0831. The minimum absolute atomic E-state index is 0.0831. The molecule has 0 saturated heterocycles. The number of anilines is 2. The molecule has 32 heavy (non-hydrogen) atoms. The van der Waals surface area contributed by atoms with E-state index in [0.717, 1.165) is 0 Å². The maximum absolute atomic E-state index is 14.4. The van der Waals surface area contributed by atoms with Crippen LogP contribution in [0.1, 0.15) is 25.6 Å². The second kappa shape index (κ2) is 9.25. The summed E-state index contributed by atoms with van der Waals surface area (Å²) in [4.78, 5) is 25.8. The lowest BCUT2D eigenvalue weighted by Crippen LogP contribution is -2.15. The first-order chi connectivity index (χ1) is 15.5. The van der Waals surface area contributed by atoms with Crippen LogP contribution in [0.2, 0.25) is 0 Å². The van der Waals surface area contributed by atoms with E-state index in [1.807, 2.05) is 0 Å². The molecule has 1 heterocycles. The molecule has 4 aromatic rings. The third kappa shape index (κ3) is 4.51. The molecule has 2 N–H and O–H groups in total. The number of nitrogens with one attached hydrogen (secondary N) is 2. The Kier molecular flexibility index (Phi) is 6.25. The fourth-order valence-corrected chi connectivity index (χ4v) is 4.45. The zero-order chi connectivity index (χ0) is 22.7. The van der Waals surface area contributed by atoms with Crippen LogP contribution in [0.15, 0.2) is 66.7 Å². The van der Waals surface area contributed by atoms with E-state index >= 15 is 0 Å². The summed E-state index contributed by atoms with van der Waals surface area (Å²) in [6.07, 6.45) is 0. The van der Waals surface area contributed by atoms with E-state index < -0.39 is 23.4 Å². The van der Waals surface area contributed by atoms with E-state index in [2.05, 4.69) is 10.6 Å². The molecular weight excluding hydrogens is 434 g/mol. The van der Waals surface area contributed by atoms with Gasteiger partial charge in [0.1, 0.15) is 11.6 Å². The highest BCUT2D eigenvalue weighted by atomic mass is 32.1. The minimum Gasteiger partial charge on any atom is -0.380 e. The van der Waals surface area contributed by atoms with Gasteiger partial charge in [0.25, 0.3) is 11.8 Å². The van der Waals surface area contributed by atoms with Crippen molar-refractivity contribution in [2.45, 2.75) is 6.61 Å². The van der Waals surface area contributed by atoms with Crippen molar-refractivity contribution in [3.63, 3.8) is 0 Å². The Morgan fingerprint density at radius 3 is 2.34 bits per heavy atom. The largest absolute Gasteiger partial charge is 0.380 e. The van der Waals surface area contributed by atoms with E-state index in [-0.39, 0.29) is 12.2 Å². The molecule has 162 valence electrons. The Bertz CT molecular complexity index is 1320. The van der Waals surface area contributed by atoms with Crippen LogP contribution in [-0.2, 0) is 11.3 Å². The third-order valence-corrected chi connectivity index (χ3v) is 5.92. The summed E-state index contributed by atoms with van der Waals surface area (Å²) in [7, 11) is 1.48. The average Bonchev–Trinajstić information content (AvgIpc) is 3.14. The lowest BCUT2D eigenvalue weighted by molar-refractivity contribution is 0.101. The summed E-state index contributed by atoms with van der Waals surface area (Å²) >= 11 is 1.17. The van der Waals surface area contributed by atoms with Crippen molar-refractivity contribution in [1.82, 2.24) is 0 Å². The number of benzene rings is 3. The molecule has 0 radical (unpaired) electrons. The molecule has 0 unspecified atom stereocenters. The molecule has 1 aromatic heterocycles. The molecule has 0 aliphatic rings. The van der Waals surface area contributed by atoms with E-state index in [4.69, 9.17) is 4.74 Å². The molecule has 5 nitrogen and oxygen atoms in total. The van der Waals surface area contributed by atoms with Crippen LogP contribution in [-0.4, -0.2) is 18.9 Å². The van der Waals surface area contributed by atoms with Gasteiger partial charge in [0.2, 0.25) is 0 Å². The number of ether oxygens (including phenoxy) is 1. The number of amides is 2. The molecule has 0 aliphatic carbocycles. The van der Waals surface area contributed by atoms with Crippen molar-refractivity contribution < 1.29 is 23.1 Å².